The van der Waals surface area contributed by atoms with Gasteiger partial charge in [0.05, 0.1) is 18.6 Å². The maximum Gasteiger partial charge on any atom is 0.451 e. The van der Waals surface area contributed by atoms with Gasteiger partial charge in [0, 0.05) is 19.0 Å². The molecule has 1 heterocycles. The van der Waals surface area contributed by atoms with Crippen molar-refractivity contribution in [2.24, 2.45) is 17.1 Å². The lowest BCUT2D eigenvalue weighted by atomic mass is 9.66. The number of nitrogens with one attached hydrogen (secondary N) is 1. The van der Waals surface area contributed by atoms with Crippen LogP contribution >= 0.6 is 0 Å². The molecular formula is C33H47BN2O8. The van der Waals surface area contributed by atoms with Gasteiger partial charge in [0.1, 0.15) is 17.4 Å². The van der Waals surface area contributed by atoms with Gasteiger partial charge in [-0.05, 0) is 81.1 Å². The minimum atomic E-state index is -1.39. The van der Waals surface area contributed by atoms with Crippen LogP contribution in [0.1, 0.15) is 64.9 Å². The lowest BCUT2D eigenvalue weighted by Gasteiger charge is -2.45. The quantitative estimate of drug-likeness (QED) is 0.101. The fraction of sp³-hybridized carbons (Fsp3) is 0.576. The first-order valence-corrected chi connectivity index (χ1v) is 15.6. The molecule has 2 aromatic carbocycles. The van der Waals surface area contributed by atoms with E-state index in [4.69, 9.17) is 24.7 Å². The van der Waals surface area contributed by atoms with Gasteiger partial charge in [0.25, 0.3) is 0 Å². The van der Waals surface area contributed by atoms with Gasteiger partial charge in [-0.3, -0.25) is 4.79 Å². The Morgan fingerprint density at radius 1 is 0.977 bits per heavy atom. The van der Waals surface area contributed by atoms with Gasteiger partial charge in [0.15, 0.2) is 0 Å². The summed E-state index contributed by atoms with van der Waals surface area (Å²) in [6, 6.07) is 16.8. The number of nitrogens with two attached hydrogens (primary N) is 1. The topological polar surface area (TPSA) is 150 Å². The van der Waals surface area contributed by atoms with E-state index in [0.717, 1.165) is 35.5 Å². The molecule has 1 saturated carbocycles. The minimum Gasteiger partial charge on any atom is -0.488 e. The normalized spacial score (nSPS) is 21.2. The zero-order chi connectivity index (χ0) is 31.7. The number of benzene rings is 2. The molecule has 1 aliphatic carbocycles. The van der Waals surface area contributed by atoms with Crippen molar-refractivity contribution in [2.45, 2.75) is 89.8 Å². The molecule has 2 aliphatic rings. The van der Waals surface area contributed by atoms with Gasteiger partial charge < -0.3 is 40.0 Å². The Hall–Kier alpha value is -2.96. The van der Waals surface area contributed by atoms with Crippen LogP contribution in [0.15, 0.2) is 48.5 Å². The first kappa shape index (κ1) is 33.9. The van der Waals surface area contributed by atoms with Gasteiger partial charge in [-0.2, -0.15) is 0 Å². The second-order valence-corrected chi connectivity index (χ2v) is 13.1. The predicted molar refractivity (Wildman–Crippen MR) is 167 cm³/mol. The van der Waals surface area contributed by atoms with Crippen molar-refractivity contribution in [3.05, 3.63) is 54.1 Å². The molecule has 0 bridgehead atoms. The van der Waals surface area contributed by atoms with E-state index < -0.39 is 36.8 Å². The molecule has 5 N–H and O–H groups in total. The zero-order valence-corrected chi connectivity index (χ0v) is 26.1. The summed E-state index contributed by atoms with van der Waals surface area (Å²) in [5.41, 5.74) is 8.11. The Balaban J connectivity index is 1.25. The van der Waals surface area contributed by atoms with Crippen LogP contribution in [0.4, 0.5) is 0 Å². The number of carbonyl (C=O) groups excluding carboxylic acids is 2. The predicted octanol–water partition coefficient (Wildman–Crippen LogP) is 3.82. The van der Waals surface area contributed by atoms with Crippen LogP contribution in [0.25, 0.3) is 11.1 Å². The van der Waals surface area contributed by atoms with E-state index in [0.29, 0.717) is 45.3 Å². The Kier molecular flexibility index (Phi) is 11.8. The van der Waals surface area contributed by atoms with Gasteiger partial charge in [-0.15, -0.1) is 0 Å². The molecule has 1 unspecified atom stereocenters. The lowest BCUT2D eigenvalue weighted by molar-refractivity contribution is -0.178. The largest absolute Gasteiger partial charge is 0.488 e. The number of unbranched alkanes of at least 4 members (excludes halogenated alkanes) is 1. The summed E-state index contributed by atoms with van der Waals surface area (Å²) < 4.78 is 21.8. The summed E-state index contributed by atoms with van der Waals surface area (Å²) in [7, 11) is -1.39. The molecule has 11 heteroatoms. The average Bonchev–Trinajstić information content (AvgIpc) is 3.47. The number of carbonyl (C=O) groups is 2. The van der Waals surface area contributed by atoms with E-state index in [-0.39, 0.29) is 24.4 Å². The fourth-order valence-corrected chi connectivity index (χ4v) is 5.51. The maximum absolute atomic E-state index is 13.1. The average molecular weight is 611 g/mol. The molecule has 1 aliphatic heterocycles. The number of hydrogen-bond acceptors (Lipinski definition) is 10. The summed E-state index contributed by atoms with van der Waals surface area (Å²) >= 11 is 0. The van der Waals surface area contributed by atoms with E-state index in [1.165, 1.54) is 0 Å². The van der Waals surface area contributed by atoms with Crippen molar-refractivity contribution in [3.8, 4) is 16.9 Å². The molecule has 0 amide bonds. The SMILES string of the molecule is CC(C)(C)C(=O)OCOC(=O)C(N)(CCCCB(O)O)C1CC(NCc2ccc(-c3ccc(O[C@H]4CCOC4)cc3)cc2)C1. The molecule has 4 rings (SSSR count). The monoisotopic (exact) mass is 610 g/mol. The molecule has 2 aromatic rings. The molecule has 240 valence electrons. The highest BCUT2D eigenvalue weighted by Gasteiger charge is 2.49. The van der Waals surface area contributed by atoms with Crippen LogP contribution in [0.3, 0.4) is 0 Å². The Labute approximate surface area is 260 Å². The molecule has 44 heavy (non-hydrogen) atoms. The van der Waals surface area contributed by atoms with E-state index in [1.807, 2.05) is 12.1 Å². The first-order chi connectivity index (χ1) is 20.9. The molecular weight excluding hydrogens is 563 g/mol. The third-order valence-corrected chi connectivity index (χ3v) is 8.47. The Morgan fingerprint density at radius 3 is 2.20 bits per heavy atom. The number of esters is 2. The molecule has 0 aromatic heterocycles. The van der Waals surface area contributed by atoms with E-state index in [9.17, 15) is 19.6 Å². The van der Waals surface area contributed by atoms with Crippen LogP contribution in [0.5, 0.6) is 5.75 Å². The van der Waals surface area contributed by atoms with Crippen molar-refractivity contribution in [1.82, 2.24) is 5.32 Å². The lowest BCUT2D eigenvalue weighted by Crippen LogP contribution is -2.61. The van der Waals surface area contributed by atoms with Gasteiger partial charge in [-0.1, -0.05) is 49.2 Å². The minimum absolute atomic E-state index is 0.111. The van der Waals surface area contributed by atoms with Crippen LogP contribution in [-0.4, -0.2) is 66.8 Å². The van der Waals surface area contributed by atoms with Gasteiger partial charge in [0.2, 0.25) is 6.79 Å². The molecule has 2 fully saturated rings. The number of ether oxygens (including phenoxy) is 4. The summed E-state index contributed by atoms with van der Waals surface area (Å²) in [6.07, 6.45) is 4.06. The van der Waals surface area contributed by atoms with Crippen LogP contribution in [-0.2, 0) is 30.3 Å². The number of hydrogen-bond donors (Lipinski definition) is 4. The first-order valence-electron chi connectivity index (χ1n) is 15.6. The summed E-state index contributed by atoms with van der Waals surface area (Å²) in [4.78, 5) is 25.2. The van der Waals surface area contributed by atoms with Crippen molar-refractivity contribution >= 4 is 19.1 Å². The van der Waals surface area contributed by atoms with Crippen LogP contribution < -0.4 is 15.8 Å². The standard InChI is InChI=1S/C33H47BN2O8/c1-32(2,3)30(37)42-22-43-31(38)33(35,15-4-5-16-34(39)40)26-18-27(19-26)36-20-23-6-8-24(9-7-23)25-10-12-28(13-11-25)44-29-14-17-41-21-29/h6-13,26-27,29,36,39-40H,4-5,14-22,35H2,1-3H3/t26?,27?,29-,33?/m0/s1. The summed E-state index contributed by atoms with van der Waals surface area (Å²) in [5, 5.41) is 21.9. The van der Waals surface area contributed by atoms with Crippen molar-refractivity contribution < 1.29 is 38.6 Å². The summed E-state index contributed by atoms with van der Waals surface area (Å²) in [6.45, 7) is 6.76. The second kappa shape index (κ2) is 15.4. The molecule has 0 spiro atoms. The third kappa shape index (κ3) is 9.52. The molecule has 10 nitrogen and oxygen atoms in total. The van der Waals surface area contributed by atoms with E-state index >= 15 is 0 Å². The molecule has 0 radical (unpaired) electrons. The zero-order valence-electron chi connectivity index (χ0n) is 26.1. The highest BCUT2D eigenvalue weighted by atomic mass is 16.7. The smallest absolute Gasteiger partial charge is 0.451 e. The highest BCUT2D eigenvalue weighted by Crippen LogP contribution is 2.39. The summed E-state index contributed by atoms with van der Waals surface area (Å²) in [5.74, 6) is -0.328. The van der Waals surface area contributed by atoms with Gasteiger partial charge >= 0.3 is 19.1 Å². The van der Waals surface area contributed by atoms with E-state index in [1.54, 1.807) is 20.8 Å². The fourth-order valence-electron chi connectivity index (χ4n) is 5.51. The van der Waals surface area contributed by atoms with Crippen LogP contribution in [0, 0.1) is 11.3 Å². The number of rotatable bonds is 15. The van der Waals surface area contributed by atoms with Crippen molar-refractivity contribution in [2.75, 3.05) is 20.0 Å². The maximum atomic E-state index is 13.1. The third-order valence-electron chi connectivity index (χ3n) is 8.47. The van der Waals surface area contributed by atoms with Crippen molar-refractivity contribution in [1.29, 1.82) is 0 Å². The van der Waals surface area contributed by atoms with Crippen LogP contribution in [0.2, 0.25) is 6.32 Å². The van der Waals surface area contributed by atoms with Crippen molar-refractivity contribution in [3.63, 3.8) is 0 Å². The highest BCUT2D eigenvalue weighted by molar-refractivity contribution is 6.40. The molecule has 1 saturated heterocycles. The Bertz CT molecular complexity index is 1210. The molecule has 2 atom stereocenters. The van der Waals surface area contributed by atoms with E-state index in [2.05, 4.69) is 41.7 Å². The Morgan fingerprint density at radius 2 is 1.61 bits per heavy atom. The second-order valence-electron chi connectivity index (χ2n) is 13.1. The van der Waals surface area contributed by atoms with Gasteiger partial charge in [-0.25, -0.2) is 4.79 Å².